The van der Waals surface area contributed by atoms with Crippen molar-refractivity contribution in [3.8, 4) is 5.75 Å². The molecule has 0 radical (unpaired) electrons. The molecule has 0 aliphatic rings. The van der Waals surface area contributed by atoms with Gasteiger partial charge in [0.15, 0.2) is 0 Å². The second-order valence-corrected chi connectivity index (χ2v) is 4.27. The maximum atomic E-state index is 11.6. The number of anilines is 1. The Morgan fingerprint density at radius 3 is 2.82 bits per heavy atom. The van der Waals surface area contributed by atoms with E-state index < -0.39 is 5.97 Å². The summed E-state index contributed by atoms with van der Waals surface area (Å²) in [7, 11) is 0. The van der Waals surface area contributed by atoms with E-state index in [2.05, 4.69) is 6.92 Å². The number of rotatable bonds is 5. The van der Waals surface area contributed by atoms with Crippen LogP contribution in [0.25, 0.3) is 0 Å². The van der Waals surface area contributed by atoms with E-state index in [0.717, 1.165) is 12.8 Å². The molecule has 0 aliphatic carbocycles. The molecular weight excluding hydrogens is 218 g/mol. The van der Waals surface area contributed by atoms with Crippen LogP contribution in [0, 0.1) is 5.92 Å². The van der Waals surface area contributed by atoms with Crippen molar-refractivity contribution in [2.45, 2.75) is 26.7 Å². The third kappa shape index (κ3) is 3.98. The van der Waals surface area contributed by atoms with Gasteiger partial charge in [-0.2, -0.15) is 0 Å². The lowest BCUT2D eigenvalue weighted by molar-refractivity contribution is 0.0443. The van der Waals surface area contributed by atoms with E-state index in [1.165, 1.54) is 12.1 Å². The maximum Gasteiger partial charge on any atom is 0.338 e. The molecule has 1 atom stereocenters. The van der Waals surface area contributed by atoms with Gasteiger partial charge in [0.2, 0.25) is 0 Å². The van der Waals surface area contributed by atoms with Crippen LogP contribution >= 0.6 is 0 Å². The van der Waals surface area contributed by atoms with Crippen molar-refractivity contribution in [2.75, 3.05) is 12.3 Å². The van der Waals surface area contributed by atoms with Gasteiger partial charge in [-0.05, 0) is 30.5 Å². The van der Waals surface area contributed by atoms with Crippen LogP contribution in [-0.2, 0) is 4.74 Å². The van der Waals surface area contributed by atoms with Gasteiger partial charge in [-0.25, -0.2) is 4.79 Å². The number of aromatic hydroxyl groups is 1. The molecule has 3 N–H and O–H groups in total. The minimum absolute atomic E-state index is 0.0962. The Balaban J connectivity index is 2.55. The molecular formula is C13H19NO3. The van der Waals surface area contributed by atoms with Gasteiger partial charge < -0.3 is 15.6 Å². The number of ether oxygens (including phenoxy) is 1. The fourth-order valence-electron chi connectivity index (χ4n) is 1.55. The molecule has 94 valence electrons. The van der Waals surface area contributed by atoms with Crippen molar-refractivity contribution < 1.29 is 14.6 Å². The van der Waals surface area contributed by atoms with Crippen LogP contribution in [0.1, 0.15) is 37.0 Å². The van der Waals surface area contributed by atoms with Gasteiger partial charge in [0.1, 0.15) is 5.75 Å². The SMILES string of the molecule is CCCC(C)COC(=O)c1ccc(N)c(O)c1. The first-order chi connectivity index (χ1) is 8.04. The lowest BCUT2D eigenvalue weighted by Crippen LogP contribution is -2.12. The highest BCUT2D eigenvalue weighted by molar-refractivity contribution is 5.90. The normalized spacial score (nSPS) is 12.1. The van der Waals surface area contributed by atoms with Crippen molar-refractivity contribution in [1.29, 1.82) is 0 Å². The average molecular weight is 237 g/mol. The van der Waals surface area contributed by atoms with E-state index in [-0.39, 0.29) is 11.4 Å². The molecule has 1 aromatic carbocycles. The van der Waals surface area contributed by atoms with Gasteiger partial charge in [0.05, 0.1) is 17.9 Å². The summed E-state index contributed by atoms with van der Waals surface area (Å²) in [5, 5.41) is 9.38. The number of esters is 1. The highest BCUT2D eigenvalue weighted by Gasteiger charge is 2.11. The Labute approximate surface area is 101 Å². The molecule has 0 saturated heterocycles. The van der Waals surface area contributed by atoms with E-state index in [0.29, 0.717) is 18.1 Å². The van der Waals surface area contributed by atoms with Crippen molar-refractivity contribution in [1.82, 2.24) is 0 Å². The van der Waals surface area contributed by atoms with Crippen LogP contribution in [0.15, 0.2) is 18.2 Å². The van der Waals surface area contributed by atoms with Crippen LogP contribution in [0.2, 0.25) is 0 Å². The molecule has 17 heavy (non-hydrogen) atoms. The molecule has 0 fully saturated rings. The van der Waals surface area contributed by atoms with E-state index >= 15 is 0 Å². The Bertz CT molecular complexity index is 390. The standard InChI is InChI=1S/C13H19NO3/c1-3-4-9(2)8-17-13(16)10-5-6-11(14)12(15)7-10/h5-7,9,15H,3-4,8,14H2,1-2H3. The summed E-state index contributed by atoms with van der Waals surface area (Å²) < 4.78 is 5.15. The predicted molar refractivity (Wildman–Crippen MR) is 66.9 cm³/mol. The van der Waals surface area contributed by atoms with E-state index in [9.17, 15) is 9.90 Å². The second-order valence-electron chi connectivity index (χ2n) is 4.27. The third-order valence-corrected chi connectivity index (χ3v) is 2.55. The van der Waals surface area contributed by atoms with Crippen LogP contribution in [0.3, 0.4) is 0 Å². The minimum atomic E-state index is -0.428. The summed E-state index contributed by atoms with van der Waals surface area (Å²) in [4.78, 5) is 11.6. The Kier molecular flexibility index (Phi) is 4.82. The van der Waals surface area contributed by atoms with Gasteiger partial charge in [-0.15, -0.1) is 0 Å². The van der Waals surface area contributed by atoms with Crippen molar-refractivity contribution >= 4 is 11.7 Å². The Morgan fingerprint density at radius 2 is 2.24 bits per heavy atom. The third-order valence-electron chi connectivity index (χ3n) is 2.55. The molecule has 0 bridgehead atoms. The summed E-state index contributed by atoms with van der Waals surface area (Å²) in [5.74, 6) is -0.171. The van der Waals surface area contributed by atoms with Gasteiger partial charge in [0, 0.05) is 0 Å². The van der Waals surface area contributed by atoms with Crippen LogP contribution in [-0.4, -0.2) is 17.7 Å². The summed E-state index contributed by atoms with van der Waals surface area (Å²) in [6.45, 7) is 4.53. The first kappa shape index (κ1) is 13.4. The molecule has 0 heterocycles. The van der Waals surface area contributed by atoms with E-state index in [1.807, 2.05) is 6.92 Å². The maximum absolute atomic E-state index is 11.6. The molecule has 0 aliphatic heterocycles. The molecule has 1 rings (SSSR count). The van der Waals surface area contributed by atoms with Crippen LogP contribution < -0.4 is 5.73 Å². The molecule has 1 unspecified atom stereocenters. The number of nitrogen functional groups attached to an aromatic ring is 1. The molecule has 0 amide bonds. The average Bonchev–Trinajstić information content (AvgIpc) is 2.30. The van der Waals surface area contributed by atoms with Gasteiger partial charge >= 0.3 is 5.97 Å². The van der Waals surface area contributed by atoms with E-state index in [1.54, 1.807) is 6.07 Å². The number of hydrogen-bond acceptors (Lipinski definition) is 4. The predicted octanol–water partition coefficient (Wildman–Crippen LogP) is 2.57. The number of hydrogen-bond donors (Lipinski definition) is 2. The second kappa shape index (κ2) is 6.13. The fourth-order valence-corrected chi connectivity index (χ4v) is 1.55. The fraction of sp³-hybridized carbons (Fsp3) is 0.462. The molecule has 0 saturated carbocycles. The number of carbonyl (C=O) groups excluding carboxylic acids is 1. The van der Waals surface area contributed by atoms with Crippen LogP contribution in [0.5, 0.6) is 5.75 Å². The molecule has 0 spiro atoms. The van der Waals surface area contributed by atoms with Crippen molar-refractivity contribution in [3.63, 3.8) is 0 Å². The zero-order chi connectivity index (χ0) is 12.8. The first-order valence-corrected chi connectivity index (χ1v) is 5.80. The monoisotopic (exact) mass is 237 g/mol. The number of carbonyl (C=O) groups is 1. The quantitative estimate of drug-likeness (QED) is 0.469. The van der Waals surface area contributed by atoms with Gasteiger partial charge in [-0.1, -0.05) is 20.3 Å². The van der Waals surface area contributed by atoms with E-state index in [4.69, 9.17) is 10.5 Å². The highest BCUT2D eigenvalue weighted by atomic mass is 16.5. The number of nitrogens with two attached hydrogens (primary N) is 1. The Hall–Kier alpha value is -1.71. The molecule has 0 aromatic heterocycles. The minimum Gasteiger partial charge on any atom is -0.506 e. The number of benzene rings is 1. The van der Waals surface area contributed by atoms with Crippen LogP contribution in [0.4, 0.5) is 5.69 Å². The summed E-state index contributed by atoms with van der Waals surface area (Å²) in [6.07, 6.45) is 2.10. The van der Waals surface area contributed by atoms with Crippen molar-refractivity contribution in [3.05, 3.63) is 23.8 Å². The van der Waals surface area contributed by atoms with Gasteiger partial charge in [-0.3, -0.25) is 0 Å². The number of phenolic OH excluding ortho intramolecular Hbond substituents is 1. The number of phenols is 1. The zero-order valence-corrected chi connectivity index (χ0v) is 10.3. The first-order valence-electron chi connectivity index (χ1n) is 5.80. The molecule has 4 nitrogen and oxygen atoms in total. The lowest BCUT2D eigenvalue weighted by Gasteiger charge is -2.11. The Morgan fingerprint density at radius 1 is 1.53 bits per heavy atom. The topological polar surface area (TPSA) is 72.5 Å². The lowest BCUT2D eigenvalue weighted by atomic mass is 10.1. The molecule has 1 aromatic rings. The molecule has 4 heteroatoms. The summed E-state index contributed by atoms with van der Waals surface area (Å²) in [5.41, 5.74) is 6.02. The summed E-state index contributed by atoms with van der Waals surface area (Å²) in [6, 6.07) is 4.35. The zero-order valence-electron chi connectivity index (χ0n) is 10.3. The smallest absolute Gasteiger partial charge is 0.338 e. The van der Waals surface area contributed by atoms with Gasteiger partial charge in [0.25, 0.3) is 0 Å². The summed E-state index contributed by atoms with van der Waals surface area (Å²) >= 11 is 0. The highest BCUT2D eigenvalue weighted by Crippen LogP contribution is 2.21. The largest absolute Gasteiger partial charge is 0.506 e. The van der Waals surface area contributed by atoms with Crippen molar-refractivity contribution in [2.24, 2.45) is 5.92 Å².